The molecule has 3 aromatic rings. The second-order valence-corrected chi connectivity index (χ2v) is 9.47. The van der Waals surface area contributed by atoms with Crippen LogP contribution in [-0.2, 0) is 9.53 Å². The van der Waals surface area contributed by atoms with E-state index in [9.17, 15) is 13.6 Å². The molecule has 4 heterocycles. The van der Waals surface area contributed by atoms with Crippen molar-refractivity contribution in [1.82, 2.24) is 19.9 Å². The van der Waals surface area contributed by atoms with Crippen molar-refractivity contribution >= 4 is 27.6 Å². The summed E-state index contributed by atoms with van der Waals surface area (Å²) in [5.41, 5.74) is 0.145. The van der Waals surface area contributed by atoms with Gasteiger partial charge < -0.3 is 14.4 Å². The summed E-state index contributed by atoms with van der Waals surface area (Å²) in [6.45, 7) is 1.90. The third-order valence-corrected chi connectivity index (χ3v) is 7.13. The summed E-state index contributed by atoms with van der Waals surface area (Å²) < 4.78 is 39.6. The van der Waals surface area contributed by atoms with Gasteiger partial charge in [0.25, 0.3) is 5.91 Å². The molecule has 1 amide bonds. The third-order valence-electron chi connectivity index (χ3n) is 6.25. The maximum atomic E-state index is 13.7. The number of hydrogen-bond donors (Lipinski definition) is 0. The van der Waals surface area contributed by atoms with Crippen molar-refractivity contribution in [2.45, 2.75) is 56.6 Å². The monoisotopic (exact) mass is 444 g/mol. The number of carbonyl (C=O) groups is 1. The fourth-order valence-electron chi connectivity index (χ4n) is 4.92. The minimum atomic E-state index is -0.940. The first kappa shape index (κ1) is 19.0. The van der Waals surface area contributed by atoms with E-state index >= 15 is 0 Å². The fourth-order valence-corrected chi connectivity index (χ4v) is 5.67. The SMILES string of the molecule is Cc1nc2c(OC3CC4(C3)O[C@@H]3CC[C@@H](c5cc(F)cc(F)c5)N3C4=O)ncnc2s1. The van der Waals surface area contributed by atoms with Gasteiger partial charge in [0.15, 0.2) is 15.9 Å². The van der Waals surface area contributed by atoms with Crippen molar-refractivity contribution in [3.05, 3.63) is 46.7 Å². The lowest BCUT2D eigenvalue weighted by molar-refractivity contribution is -0.162. The number of nitrogens with zero attached hydrogens (tertiary/aromatic N) is 4. The highest BCUT2D eigenvalue weighted by Gasteiger charge is 2.63. The third kappa shape index (κ3) is 2.92. The molecule has 3 fully saturated rings. The molecule has 160 valence electrons. The van der Waals surface area contributed by atoms with E-state index in [1.807, 2.05) is 6.92 Å². The number of aromatic nitrogens is 3. The Hall–Kier alpha value is -2.72. The predicted octanol–water partition coefficient (Wildman–Crippen LogP) is 3.67. The van der Waals surface area contributed by atoms with Crippen LogP contribution in [0.4, 0.5) is 8.78 Å². The number of aryl methyl sites for hydroxylation is 1. The number of fused-ring (bicyclic) bond motifs is 2. The largest absolute Gasteiger partial charge is 0.472 e. The summed E-state index contributed by atoms with van der Waals surface area (Å²) in [4.78, 5) is 28.5. The van der Waals surface area contributed by atoms with Crippen LogP contribution in [0.15, 0.2) is 24.5 Å². The first-order chi connectivity index (χ1) is 14.9. The van der Waals surface area contributed by atoms with E-state index in [0.29, 0.717) is 42.6 Å². The van der Waals surface area contributed by atoms with E-state index in [2.05, 4.69) is 15.0 Å². The molecular formula is C21H18F2N4O3S. The van der Waals surface area contributed by atoms with Gasteiger partial charge in [0.2, 0.25) is 5.88 Å². The van der Waals surface area contributed by atoms with Gasteiger partial charge in [-0.1, -0.05) is 11.3 Å². The molecule has 7 nitrogen and oxygen atoms in total. The molecule has 10 heteroatoms. The number of benzene rings is 1. The minimum absolute atomic E-state index is 0.137. The Morgan fingerprint density at radius 3 is 2.74 bits per heavy atom. The minimum Gasteiger partial charge on any atom is -0.472 e. The van der Waals surface area contributed by atoms with E-state index in [-0.39, 0.29) is 24.3 Å². The summed E-state index contributed by atoms with van der Waals surface area (Å²) in [5.74, 6) is -1.02. The average molecular weight is 444 g/mol. The molecule has 1 saturated carbocycles. The topological polar surface area (TPSA) is 77.4 Å². The van der Waals surface area contributed by atoms with Crippen LogP contribution >= 0.6 is 11.3 Å². The van der Waals surface area contributed by atoms with Crippen molar-refractivity contribution in [3.8, 4) is 5.88 Å². The fraction of sp³-hybridized carbons (Fsp3) is 0.429. The van der Waals surface area contributed by atoms with Crippen molar-refractivity contribution in [1.29, 1.82) is 0 Å². The molecule has 0 radical (unpaired) electrons. The Balaban J connectivity index is 1.20. The predicted molar refractivity (Wildman–Crippen MR) is 106 cm³/mol. The second kappa shape index (κ2) is 6.64. The standard InChI is InChI=1S/C21H18F2N4O3S/c1-10-26-17-18(24-9-25-19(17)31-10)29-14-7-21(8-14)20(28)27-15(2-3-16(27)30-21)11-4-12(22)6-13(23)5-11/h4-6,9,14-16H,2-3,7-8H2,1H3/t14?,15-,16+,21?/m0/s1. The molecule has 0 N–H and O–H groups in total. The molecular weight excluding hydrogens is 426 g/mol. The summed E-state index contributed by atoms with van der Waals surface area (Å²) in [6.07, 6.45) is 2.88. The first-order valence-electron chi connectivity index (χ1n) is 10.1. The van der Waals surface area contributed by atoms with Gasteiger partial charge in [-0.3, -0.25) is 4.79 Å². The Kier molecular flexibility index (Phi) is 4.07. The van der Waals surface area contributed by atoms with Crippen LogP contribution in [0.3, 0.4) is 0 Å². The molecule has 0 unspecified atom stereocenters. The van der Waals surface area contributed by atoms with Crippen LogP contribution < -0.4 is 4.74 Å². The lowest BCUT2D eigenvalue weighted by atomic mass is 9.76. The Labute approximate surface area is 180 Å². The van der Waals surface area contributed by atoms with Gasteiger partial charge >= 0.3 is 0 Å². The summed E-state index contributed by atoms with van der Waals surface area (Å²) >= 11 is 1.47. The molecule has 3 aliphatic rings. The van der Waals surface area contributed by atoms with Gasteiger partial charge in [-0.05, 0) is 37.5 Å². The number of hydrogen-bond acceptors (Lipinski definition) is 7. The smallest absolute Gasteiger partial charge is 0.257 e. The summed E-state index contributed by atoms with van der Waals surface area (Å²) in [7, 11) is 0. The van der Waals surface area contributed by atoms with E-state index in [1.54, 1.807) is 4.90 Å². The van der Waals surface area contributed by atoms with Crippen LogP contribution in [0.1, 0.15) is 42.3 Å². The van der Waals surface area contributed by atoms with Gasteiger partial charge in [0, 0.05) is 18.9 Å². The zero-order chi connectivity index (χ0) is 21.3. The average Bonchev–Trinajstić information content (AvgIpc) is 3.34. The van der Waals surface area contributed by atoms with Crippen molar-refractivity contribution < 1.29 is 23.0 Å². The van der Waals surface area contributed by atoms with Gasteiger partial charge in [0.1, 0.15) is 30.3 Å². The highest BCUT2D eigenvalue weighted by Crippen LogP contribution is 2.52. The molecule has 2 aromatic heterocycles. The van der Waals surface area contributed by atoms with Crippen LogP contribution in [0, 0.1) is 18.6 Å². The van der Waals surface area contributed by atoms with Gasteiger partial charge in [-0.2, -0.15) is 4.98 Å². The Bertz CT molecular complexity index is 1190. The Morgan fingerprint density at radius 1 is 1.19 bits per heavy atom. The van der Waals surface area contributed by atoms with Crippen LogP contribution in [0.5, 0.6) is 5.88 Å². The van der Waals surface area contributed by atoms with Gasteiger partial charge in [-0.15, -0.1) is 0 Å². The molecule has 2 aliphatic heterocycles. The zero-order valence-corrected chi connectivity index (χ0v) is 17.4. The molecule has 0 bridgehead atoms. The maximum Gasteiger partial charge on any atom is 0.257 e. The van der Waals surface area contributed by atoms with Crippen LogP contribution in [0.2, 0.25) is 0 Å². The number of thiazole rings is 1. The number of halogens is 2. The van der Waals surface area contributed by atoms with Gasteiger partial charge in [0.05, 0.1) is 11.0 Å². The normalized spacial score (nSPS) is 29.6. The zero-order valence-electron chi connectivity index (χ0n) is 16.5. The van der Waals surface area contributed by atoms with E-state index < -0.39 is 17.2 Å². The van der Waals surface area contributed by atoms with Crippen molar-refractivity contribution in [2.24, 2.45) is 0 Å². The molecule has 2 saturated heterocycles. The quantitative estimate of drug-likeness (QED) is 0.614. The highest BCUT2D eigenvalue weighted by atomic mass is 32.1. The number of rotatable bonds is 3. The summed E-state index contributed by atoms with van der Waals surface area (Å²) in [5, 5.41) is 0.875. The lowest BCUT2D eigenvalue weighted by Gasteiger charge is -2.41. The number of carbonyl (C=O) groups excluding carboxylic acids is 1. The molecule has 1 aromatic carbocycles. The lowest BCUT2D eigenvalue weighted by Crippen LogP contribution is -2.56. The molecule has 2 atom stereocenters. The molecule has 31 heavy (non-hydrogen) atoms. The van der Waals surface area contributed by atoms with Crippen LogP contribution in [0.25, 0.3) is 10.3 Å². The number of ether oxygens (including phenoxy) is 2. The molecule has 1 aliphatic carbocycles. The second-order valence-electron chi connectivity index (χ2n) is 8.29. The van der Waals surface area contributed by atoms with E-state index in [4.69, 9.17) is 9.47 Å². The first-order valence-corrected chi connectivity index (χ1v) is 10.9. The van der Waals surface area contributed by atoms with Gasteiger partial charge in [-0.25, -0.2) is 18.7 Å². The van der Waals surface area contributed by atoms with E-state index in [0.717, 1.165) is 15.9 Å². The van der Waals surface area contributed by atoms with Crippen molar-refractivity contribution in [3.63, 3.8) is 0 Å². The maximum absolute atomic E-state index is 13.7. The summed E-state index contributed by atoms with van der Waals surface area (Å²) in [6, 6.07) is 3.03. The van der Waals surface area contributed by atoms with Crippen LogP contribution in [-0.4, -0.2) is 43.7 Å². The van der Waals surface area contributed by atoms with E-state index in [1.165, 1.54) is 29.8 Å². The molecule has 6 rings (SSSR count). The number of amides is 1. The Morgan fingerprint density at radius 2 is 1.97 bits per heavy atom. The highest BCUT2D eigenvalue weighted by molar-refractivity contribution is 7.18. The molecule has 1 spiro atoms. The van der Waals surface area contributed by atoms with Crippen molar-refractivity contribution in [2.75, 3.05) is 0 Å².